The van der Waals surface area contributed by atoms with Gasteiger partial charge in [0, 0.05) is 18.4 Å². The molecule has 0 bridgehead atoms. The molecule has 0 amide bonds. The van der Waals surface area contributed by atoms with Crippen molar-refractivity contribution in [1.82, 2.24) is 4.57 Å². The van der Waals surface area contributed by atoms with Crippen LogP contribution in [0.25, 0.3) is 0 Å². The zero-order chi connectivity index (χ0) is 13.1. The molecule has 3 heteroatoms. The summed E-state index contributed by atoms with van der Waals surface area (Å²) in [5.41, 5.74) is 2.81. The molecule has 1 aromatic heterocycles. The van der Waals surface area contributed by atoms with Crippen LogP contribution in [0.5, 0.6) is 0 Å². The zero-order valence-corrected chi connectivity index (χ0v) is 11.7. The topological polar surface area (TPSA) is 31.2 Å². The summed E-state index contributed by atoms with van der Waals surface area (Å²) in [6.07, 6.45) is 8.83. The summed E-state index contributed by atoms with van der Waals surface area (Å²) in [4.78, 5) is 11.7. The van der Waals surface area contributed by atoms with Crippen molar-refractivity contribution in [3.05, 3.63) is 23.0 Å². The minimum atomic E-state index is -0.215. The molecule has 3 nitrogen and oxygen atoms in total. The molecule has 0 unspecified atom stereocenters. The highest BCUT2D eigenvalue weighted by Gasteiger charge is 2.20. The molecule has 0 saturated heterocycles. The van der Waals surface area contributed by atoms with E-state index >= 15 is 0 Å². The van der Waals surface area contributed by atoms with Crippen molar-refractivity contribution >= 4 is 5.97 Å². The van der Waals surface area contributed by atoms with E-state index in [1.54, 1.807) is 0 Å². The molecule has 100 valence electrons. The Bertz CT molecular complexity index is 428. The van der Waals surface area contributed by atoms with Crippen LogP contribution in [0.4, 0.5) is 0 Å². The van der Waals surface area contributed by atoms with Crippen molar-refractivity contribution in [3.63, 3.8) is 0 Å². The number of aromatic nitrogens is 1. The Kier molecular flexibility index (Phi) is 4.10. The minimum absolute atomic E-state index is 0.215. The highest BCUT2D eigenvalue weighted by atomic mass is 16.5. The van der Waals surface area contributed by atoms with E-state index in [2.05, 4.69) is 10.8 Å². The fraction of sp³-hybridized carbons (Fsp3) is 0.667. The van der Waals surface area contributed by atoms with Crippen LogP contribution in [0.2, 0.25) is 0 Å². The maximum absolute atomic E-state index is 11.7. The Morgan fingerprint density at radius 3 is 2.61 bits per heavy atom. The van der Waals surface area contributed by atoms with Crippen LogP contribution < -0.4 is 0 Å². The lowest BCUT2D eigenvalue weighted by Gasteiger charge is -2.22. The van der Waals surface area contributed by atoms with Crippen LogP contribution in [-0.4, -0.2) is 17.6 Å². The molecule has 1 heterocycles. The number of hydrogen-bond acceptors (Lipinski definition) is 2. The molecule has 1 aromatic rings. The summed E-state index contributed by atoms with van der Waals surface area (Å²) in [5.74, 6) is 0.558. The average Bonchev–Trinajstić information content (AvgIpc) is 2.65. The van der Waals surface area contributed by atoms with E-state index in [1.807, 2.05) is 13.8 Å². The first-order valence-electron chi connectivity index (χ1n) is 6.88. The van der Waals surface area contributed by atoms with Gasteiger partial charge in [0.05, 0.1) is 12.7 Å². The largest absolute Gasteiger partial charge is 0.465 e. The third-order valence-corrected chi connectivity index (χ3v) is 4.11. The third-order valence-electron chi connectivity index (χ3n) is 4.11. The Morgan fingerprint density at radius 2 is 2.00 bits per heavy atom. The Morgan fingerprint density at radius 1 is 1.33 bits per heavy atom. The van der Waals surface area contributed by atoms with Gasteiger partial charge in [0.1, 0.15) is 0 Å². The molecular formula is C15H23NO2. The fourth-order valence-corrected chi connectivity index (χ4v) is 3.07. The van der Waals surface area contributed by atoms with Gasteiger partial charge in [0.25, 0.3) is 0 Å². The van der Waals surface area contributed by atoms with Gasteiger partial charge in [-0.15, -0.1) is 0 Å². The number of aryl methyl sites for hydroxylation is 1. The van der Waals surface area contributed by atoms with Crippen molar-refractivity contribution in [3.8, 4) is 0 Å². The van der Waals surface area contributed by atoms with E-state index in [9.17, 15) is 4.79 Å². The van der Waals surface area contributed by atoms with Gasteiger partial charge < -0.3 is 9.30 Å². The van der Waals surface area contributed by atoms with Gasteiger partial charge in [0.15, 0.2) is 0 Å². The monoisotopic (exact) mass is 249 g/mol. The molecule has 1 fully saturated rings. The van der Waals surface area contributed by atoms with Gasteiger partial charge >= 0.3 is 5.97 Å². The molecule has 1 aliphatic rings. The smallest absolute Gasteiger partial charge is 0.339 e. The molecule has 1 aliphatic carbocycles. The predicted molar refractivity (Wildman–Crippen MR) is 71.8 cm³/mol. The maximum atomic E-state index is 11.7. The molecule has 0 N–H and O–H groups in total. The molecule has 1 saturated carbocycles. The van der Waals surface area contributed by atoms with Crippen molar-refractivity contribution in [2.24, 2.45) is 5.92 Å². The van der Waals surface area contributed by atoms with Crippen molar-refractivity contribution in [2.75, 3.05) is 7.11 Å². The molecule has 0 aliphatic heterocycles. The van der Waals surface area contributed by atoms with Crippen molar-refractivity contribution in [1.29, 1.82) is 0 Å². The highest BCUT2D eigenvalue weighted by Crippen LogP contribution is 2.27. The Hall–Kier alpha value is -1.25. The van der Waals surface area contributed by atoms with E-state index in [1.165, 1.54) is 39.2 Å². The average molecular weight is 249 g/mol. The van der Waals surface area contributed by atoms with E-state index in [0.717, 1.165) is 29.3 Å². The lowest BCUT2D eigenvalue weighted by molar-refractivity contribution is 0.0599. The van der Waals surface area contributed by atoms with Crippen molar-refractivity contribution < 1.29 is 9.53 Å². The summed E-state index contributed by atoms with van der Waals surface area (Å²) in [5, 5.41) is 0. The van der Waals surface area contributed by atoms with Crippen LogP contribution in [-0.2, 0) is 11.3 Å². The van der Waals surface area contributed by atoms with Crippen LogP contribution in [0.15, 0.2) is 6.20 Å². The van der Waals surface area contributed by atoms with Gasteiger partial charge in [-0.1, -0.05) is 19.3 Å². The second-order valence-corrected chi connectivity index (χ2v) is 5.42. The number of carbonyl (C=O) groups is 1. The van der Waals surface area contributed by atoms with Gasteiger partial charge in [-0.2, -0.15) is 0 Å². The summed E-state index contributed by atoms with van der Waals surface area (Å²) in [6.45, 7) is 5.04. The number of esters is 1. The highest BCUT2D eigenvalue weighted by molar-refractivity contribution is 5.92. The predicted octanol–water partition coefficient (Wildman–Crippen LogP) is 3.47. The first kappa shape index (κ1) is 13.2. The summed E-state index contributed by atoms with van der Waals surface area (Å²) < 4.78 is 7.08. The molecule has 18 heavy (non-hydrogen) atoms. The Labute approximate surface area is 109 Å². The first-order valence-corrected chi connectivity index (χ1v) is 6.88. The lowest BCUT2D eigenvalue weighted by atomic mass is 9.89. The minimum Gasteiger partial charge on any atom is -0.465 e. The van der Waals surface area contributed by atoms with Gasteiger partial charge in [-0.25, -0.2) is 4.79 Å². The number of hydrogen-bond donors (Lipinski definition) is 0. The Balaban J connectivity index is 2.16. The second-order valence-electron chi connectivity index (χ2n) is 5.42. The van der Waals surface area contributed by atoms with Crippen LogP contribution >= 0.6 is 0 Å². The zero-order valence-electron chi connectivity index (χ0n) is 11.7. The van der Waals surface area contributed by atoms with Crippen LogP contribution in [0.1, 0.15) is 53.7 Å². The molecular weight excluding hydrogens is 226 g/mol. The molecule has 0 spiro atoms. The molecule has 0 aromatic carbocycles. The quantitative estimate of drug-likeness (QED) is 0.768. The van der Waals surface area contributed by atoms with Crippen LogP contribution in [0, 0.1) is 19.8 Å². The van der Waals surface area contributed by atoms with E-state index in [4.69, 9.17) is 4.74 Å². The molecule has 2 rings (SSSR count). The van der Waals surface area contributed by atoms with E-state index in [0.29, 0.717) is 0 Å². The summed E-state index contributed by atoms with van der Waals surface area (Å²) in [6, 6.07) is 0. The van der Waals surface area contributed by atoms with Crippen molar-refractivity contribution in [2.45, 2.75) is 52.5 Å². The SMILES string of the molecule is COC(=O)c1c(C)cn(CC2CCCCC2)c1C. The number of methoxy groups -OCH3 is 1. The number of rotatable bonds is 3. The second kappa shape index (κ2) is 5.59. The number of nitrogens with zero attached hydrogens (tertiary/aromatic N) is 1. The van der Waals surface area contributed by atoms with Gasteiger partial charge in [-0.05, 0) is 38.2 Å². The number of ether oxygens (including phenoxy) is 1. The number of carbonyl (C=O) groups excluding carboxylic acids is 1. The van der Waals surface area contributed by atoms with Gasteiger partial charge in [-0.3, -0.25) is 0 Å². The summed E-state index contributed by atoms with van der Waals surface area (Å²) >= 11 is 0. The van der Waals surface area contributed by atoms with Gasteiger partial charge in [0.2, 0.25) is 0 Å². The first-order chi connectivity index (χ1) is 8.63. The summed E-state index contributed by atoms with van der Waals surface area (Å²) in [7, 11) is 1.44. The molecule has 0 atom stereocenters. The van der Waals surface area contributed by atoms with E-state index in [-0.39, 0.29) is 5.97 Å². The van der Waals surface area contributed by atoms with Crippen LogP contribution in [0.3, 0.4) is 0 Å². The van der Waals surface area contributed by atoms with E-state index < -0.39 is 0 Å². The maximum Gasteiger partial charge on any atom is 0.339 e. The normalized spacial score (nSPS) is 16.8. The fourth-order valence-electron chi connectivity index (χ4n) is 3.07. The molecule has 0 radical (unpaired) electrons. The third kappa shape index (κ3) is 2.60. The lowest BCUT2D eigenvalue weighted by Crippen LogP contribution is -2.15. The standard InChI is InChI=1S/C15H23NO2/c1-11-9-16(10-13-7-5-4-6-8-13)12(2)14(11)15(17)18-3/h9,13H,4-8,10H2,1-3H3.